The SMILES string of the molecule is O=C(/C=C/c1ccc(Cl)cc1)Oc1ccc(/C=C/c2ccccn2)cc1. The third-order valence-corrected chi connectivity index (χ3v) is 3.77. The van der Waals surface area contributed by atoms with Crippen LogP contribution in [0.3, 0.4) is 0 Å². The maximum absolute atomic E-state index is 11.9. The molecule has 0 amide bonds. The Bertz CT molecular complexity index is 915. The van der Waals surface area contributed by atoms with Gasteiger partial charge in [0.25, 0.3) is 0 Å². The molecule has 26 heavy (non-hydrogen) atoms. The minimum Gasteiger partial charge on any atom is -0.423 e. The van der Waals surface area contributed by atoms with E-state index in [-0.39, 0.29) is 0 Å². The lowest BCUT2D eigenvalue weighted by molar-refractivity contribution is -0.128. The number of aromatic nitrogens is 1. The third-order valence-electron chi connectivity index (χ3n) is 3.51. The third kappa shape index (κ3) is 5.43. The summed E-state index contributed by atoms with van der Waals surface area (Å²) in [5, 5.41) is 0.655. The second kappa shape index (κ2) is 8.79. The van der Waals surface area contributed by atoms with Crippen molar-refractivity contribution in [3.63, 3.8) is 0 Å². The first-order chi connectivity index (χ1) is 12.7. The van der Waals surface area contributed by atoms with Gasteiger partial charge in [0.2, 0.25) is 0 Å². The molecule has 0 N–H and O–H groups in total. The van der Waals surface area contributed by atoms with E-state index in [0.29, 0.717) is 10.8 Å². The van der Waals surface area contributed by atoms with Gasteiger partial charge in [-0.3, -0.25) is 4.98 Å². The van der Waals surface area contributed by atoms with Crippen molar-refractivity contribution in [3.05, 3.63) is 101 Å². The van der Waals surface area contributed by atoms with Gasteiger partial charge in [0.1, 0.15) is 5.75 Å². The van der Waals surface area contributed by atoms with E-state index in [1.165, 1.54) is 6.08 Å². The maximum Gasteiger partial charge on any atom is 0.336 e. The summed E-state index contributed by atoms with van der Waals surface area (Å²) in [6.45, 7) is 0. The highest BCUT2D eigenvalue weighted by atomic mass is 35.5. The van der Waals surface area contributed by atoms with Crippen LogP contribution in [0, 0.1) is 0 Å². The van der Waals surface area contributed by atoms with Crippen LogP contribution >= 0.6 is 11.6 Å². The van der Waals surface area contributed by atoms with Gasteiger partial charge in [0.15, 0.2) is 0 Å². The highest BCUT2D eigenvalue weighted by Crippen LogP contribution is 2.15. The van der Waals surface area contributed by atoms with Gasteiger partial charge in [-0.25, -0.2) is 4.79 Å². The molecule has 0 aliphatic heterocycles. The molecule has 2 aromatic carbocycles. The molecule has 0 unspecified atom stereocenters. The van der Waals surface area contributed by atoms with E-state index in [4.69, 9.17) is 16.3 Å². The molecule has 1 heterocycles. The zero-order chi connectivity index (χ0) is 18.2. The number of benzene rings is 2. The number of carbonyl (C=O) groups excluding carboxylic acids is 1. The minimum atomic E-state index is -0.434. The van der Waals surface area contributed by atoms with E-state index in [1.54, 1.807) is 36.5 Å². The molecule has 1 aromatic heterocycles. The van der Waals surface area contributed by atoms with Crippen molar-refractivity contribution >= 4 is 35.8 Å². The molecule has 4 heteroatoms. The van der Waals surface area contributed by atoms with Crippen LogP contribution in [0.15, 0.2) is 79.0 Å². The van der Waals surface area contributed by atoms with Gasteiger partial charge < -0.3 is 4.74 Å². The Kier molecular flexibility index (Phi) is 5.96. The Labute approximate surface area is 157 Å². The molecule has 0 spiro atoms. The zero-order valence-electron chi connectivity index (χ0n) is 13.9. The van der Waals surface area contributed by atoms with Crippen LogP contribution in [0.5, 0.6) is 5.75 Å². The summed E-state index contributed by atoms with van der Waals surface area (Å²) < 4.78 is 5.29. The van der Waals surface area contributed by atoms with E-state index in [2.05, 4.69) is 4.98 Å². The fourth-order valence-electron chi connectivity index (χ4n) is 2.19. The van der Waals surface area contributed by atoms with Crippen LogP contribution in [0.4, 0.5) is 0 Å². The van der Waals surface area contributed by atoms with Crippen molar-refractivity contribution in [2.45, 2.75) is 0 Å². The molecule has 0 saturated heterocycles. The predicted molar refractivity (Wildman–Crippen MR) is 106 cm³/mol. The summed E-state index contributed by atoms with van der Waals surface area (Å²) >= 11 is 5.83. The summed E-state index contributed by atoms with van der Waals surface area (Å²) in [4.78, 5) is 16.1. The molecule has 0 atom stereocenters. The van der Waals surface area contributed by atoms with Gasteiger partial charge in [0.05, 0.1) is 5.69 Å². The molecule has 128 valence electrons. The minimum absolute atomic E-state index is 0.434. The lowest BCUT2D eigenvalue weighted by atomic mass is 10.2. The lowest BCUT2D eigenvalue weighted by Crippen LogP contribution is -2.03. The predicted octanol–water partition coefficient (Wildman–Crippen LogP) is 5.52. The zero-order valence-corrected chi connectivity index (χ0v) is 14.6. The summed E-state index contributed by atoms with van der Waals surface area (Å²) in [6.07, 6.45) is 8.70. The first kappa shape index (κ1) is 17.6. The van der Waals surface area contributed by atoms with Crippen molar-refractivity contribution in [2.75, 3.05) is 0 Å². The smallest absolute Gasteiger partial charge is 0.336 e. The molecular formula is C22H16ClNO2. The Morgan fingerprint density at radius 3 is 2.23 bits per heavy atom. The quantitative estimate of drug-likeness (QED) is 0.341. The fraction of sp³-hybridized carbons (Fsp3) is 0. The molecule has 0 aliphatic rings. The van der Waals surface area contributed by atoms with Crippen molar-refractivity contribution in [1.29, 1.82) is 0 Å². The Morgan fingerprint density at radius 2 is 1.54 bits per heavy atom. The van der Waals surface area contributed by atoms with Crippen molar-refractivity contribution in [1.82, 2.24) is 4.98 Å². The average molecular weight is 362 g/mol. The Balaban J connectivity index is 1.57. The van der Waals surface area contributed by atoms with E-state index in [9.17, 15) is 4.79 Å². The number of nitrogens with zero attached hydrogens (tertiary/aromatic N) is 1. The number of hydrogen-bond acceptors (Lipinski definition) is 3. The van der Waals surface area contributed by atoms with Crippen LogP contribution in [0.2, 0.25) is 5.02 Å². The number of ether oxygens (including phenoxy) is 1. The first-order valence-electron chi connectivity index (χ1n) is 8.04. The largest absolute Gasteiger partial charge is 0.423 e. The number of pyridine rings is 1. The summed E-state index contributed by atoms with van der Waals surface area (Å²) in [5.41, 5.74) is 2.75. The molecule has 0 fully saturated rings. The molecule has 0 saturated carbocycles. The number of esters is 1. The lowest BCUT2D eigenvalue weighted by Gasteiger charge is -2.02. The van der Waals surface area contributed by atoms with E-state index < -0.39 is 5.97 Å². The number of hydrogen-bond donors (Lipinski definition) is 0. The van der Waals surface area contributed by atoms with Crippen LogP contribution < -0.4 is 4.74 Å². The molecule has 3 nitrogen and oxygen atoms in total. The van der Waals surface area contributed by atoms with Crippen molar-refractivity contribution in [3.8, 4) is 5.75 Å². The van der Waals surface area contributed by atoms with Crippen molar-refractivity contribution in [2.24, 2.45) is 0 Å². The molecule has 0 aliphatic carbocycles. The highest BCUT2D eigenvalue weighted by Gasteiger charge is 2.00. The number of rotatable bonds is 5. The van der Waals surface area contributed by atoms with Crippen LogP contribution in [-0.2, 0) is 4.79 Å². The highest BCUT2D eigenvalue weighted by molar-refractivity contribution is 6.30. The fourth-order valence-corrected chi connectivity index (χ4v) is 2.32. The topological polar surface area (TPSA) is 39.2 Å². The van der Waals surface area contributed by atoms with Crippen LogP contribution in [0.1, 0.15) is 16.8 Å². The molecule has 3 aromatic rings. The monoisotopic (exact) mass is 361 g/mol. The van der Waals surface area contributed by atoms with Crippen molar-refractivity contribution < 1.29 is 9.53 Å². The standard InChI is InChI=1S/C22H16ClNO2/c23-19-10-4-17(5-11-19)9-15-22(25)26-21-13-7-18(8-14-21)6-12-20-3-1-2-16-24-20/h1-16H/b12-6+,15-9+. The average Bonchev–Trinajstić information content (AvgIpc) is 2.68. The molecule has 0 radical (unpaired) electrons. The molecule has 3 rings (SSSR count). The van der Waals surface area contributed by atoms with E-state index in [0.717, 1.165) is 16.8 Å². The first-order valence-corrected chi connectivity index (χ1v) is 8.41. The summed E-state index contributed by atoms with van der Waals surface area (Å²) in [6, 6.07) is 20.2. The Hall–Kier alpha value is -3.17. The number of carbonyl (C=O) groups is 1. The summed E-state index contributed by atoms with van der Waals surface area (Å²) in [7, 11) is 0. The van der Waals surface area contributed by atoms with Gasteiger partial charge in [-0.1, -0.05) is 48.0 Å². The van der Waals surface area contributed by atoms with Gasteiger partial charge in [-0.05, 0) is 59.7 Å². The summed E-state index contributed by atoms with van der Waals surface area (Å²) in [5.74, 6) is 0.0578. The van der Waals surface area contributed by atoms with Gasteiger partial charge in [-0.15, -0.1) is 0 Å². The Morgan fingerprint density at radius 1 is 0.846 bits per heavy atom. The van der Waals surface area contributed by atoms with Gasteiger partial charge in [0, 0.05) is 17.3 Å². The molecule has 0 bridgehead atoms. The molecular weight excluding hydrogens is 346 g/mol. The van der Waals surface area contributed by atoms with Crippen LogP contribution in [0.25, 0.3) is 18.2 Å². The van der Waals surface area contributed by atoms with Crippen LogP contribution in [-0.4, -0.2) is 11.0 Å². The van der Waals surface area contributed by atoms with E-state index in [1.807, 2.05) is 54.6 Å². The van der Waals surface area contributed by atoms with E-state index >= 15 is 0 Å². The number of halogens is 1. The van der Waals surface area contributed by atoms with Gasteiger partial charge in [-0.2, -0.15) is 0 Å². The normalized spacial score (nSPS) is 11.1. The second-order valence-electron chi connectivity index (χ2n) is 5.46. The second-order valence-corrected chi connectivity index (χ2v) is 5.90. The maximum atomic E-state index is 11.9. The van der Waals surface area contributed by atoms with Gasteiger partial charge >= 0.3 is 5.97 Å².